The lowest BCUT2D eigenvalue weighted by Gasteiger charge is -1.97. The Morgan fingerprint density at radius 1 is 1.43 bits per heavy atom. The van der Waals surface area contributed by atoms with Crippen molar-refractivity contribution in [3.63, 3.8) is 0 Å². The second kappa shape index (κ2) is 7.30. The molecule has 14 heavy (non-hydrogen) atoms. The average Bonchev–Trinajstić information content (AvgIpc) is 2.18. The molecule has 0 fully saturated rings. The Labute approximate surface area is 99.0 Å². The molecule has 0 radical (unpaired) electrons. The number of thioether (sulfide) groups is 1. The number of unbranched alkanes of at least 4 members (excludes halogenated alkanes) is 2. The van der Waals surface area contributed by atoms with Crippen LogP contribution in [0.5, 0.6) is 0 Å². The van der Waals surface area contributed by atoms with Gasteiger partial charge in [0, 0.05) is 6.07 Å². The summed E-state index contributed by atoms with van der Waals surface area (Å²) in [5.74, 6) is 2.33. The summed E-state index contributed by atoms with van der Waals surface area (Å²) in [4.78, 5) is 0. The molecule has 0 atom stereocenters. The molecule has 0 unspecified atom stereocenters. The number of nitrogens with zero attached hydrogens (tertiary/aromatic N) is 1. The van der Waals surface area contributed by atoms with Gasteiger partial charge in [-0.15, -0.1) is 0 Å². The number of hydrogen-bond donors (Lipinski definition) is 0. The first-order valence-corrected chi connectivity index (χ1v) is 7.00. The monoisotopic (exact) mass is 274 g/mol. The topological polar surface area (TPSA) is 3.88 Å². The first-order valence-electron chi connectivity index (χ1n) is 5.05. The van der Waals surface area contributed by atoms with Crippen molar-refractivity contribution >= 4 is 27.7 Å². The normalized spacial score (nSPS) is 10.4. The van der Waals surface area contributed by atoms with E-state index in [1.165, 1.54) is 25.0 Å². The van der Waals surface area contributed by atoms with E-state index >= 15 is 0 Å². The molecule has 1 aromatic rings. The van der Waals surface area contributed by atoms with Crippen LogP contribution in [0.4, 0.5) is 0 Å². The maximum atomic E-state index is 3.47. The highest BCUT2D eigenvalue weighted by Crippen LogP contribution is 2.07. The Bertz CT molecular complexity index is 265. The van der Waals surface area contributed by atoms with Gasteiger partial charge in [-0.1, -0.05) is 31.5 Å². The van der Waals surface area contributed by atoms with E-state index in [0.29, 0.717) is 0 Å². The summed E-state index contributed by atoms with van der Waals surface area (Å²) in [5, 5.41) is 0. The van der Waals surface area contributed by atoms with Gasteiger partial charge in [0.25, 0.3) is 0 Å². The molecule has 78 valence electrons. The van der Waals surface area contributed by atoms with Crippen LogP contribution in [0.25, 0.3) is 0 Å². The summed E-state index contributed by atoms with van der Waals surface area (Å²) >= 11 is 5.46. The zero-order valence-electron chi connectivity index (χ0n) is 8.58. The third-order valence-electron chi connectivity index (χ3n) is 1.95. The first-order chi connectivity index (χ1) is 6.83. The summed E-state index contributed by atoms with van der Waals surface area (Å²) in [6, 6.07) is 4.12. The van der Waals surface area contributed by atoms with E-state index in [-0.39, 0.29) is 0 Å². The van der Waals surface area contributed by atoms with Gasteiger partial charge in [-0.2, -0.15) is 4.57 Å². The maximum absolute atomic E-state index is 3.47. The lowest BCUT2D eigenvalue weighted by atomic mass is 10.3. The van der Waals surface area contributed by atoms with Crippen LogP contribution in [-0.2, 0) is 5.88 Å². The Morgan fingerprint density at radius 2 is 2.29 bits per heavy atom. The van der Waals surface area contributed by atoms with Gasteiger partial charge < -0.3 is 0 Å². The molecular weight excluding hydrogens is 258 g/mol. The molecule has 1 heterocycles. The molecule has 0 saturated heterocycles. The second-order valence-corrected chi connectivity index (χ2v) is 5.27. The average molecular weight is 275 g/mol. The highest BCUT2D eigenvalue weighted by Gasteiger charge is 2.00. The Hall–Kier alpha value is -0.0200. The van der Waals surface area contributed by atoms with Gasteiger partial charge in [0.2, 0.25) is 0 Å². The first kappa shape index (κ1) is 12.1. The van der Waals surface area contributed by atoms with E-state index in [1.54, 1.807) is 0 Å². The summed E-state index contributed by atoms with van der Waals surface area (Å²) in [5.41, 5.74) is 0. The van der Waals surface area contributed by atoms with E-state index in [2.05, 4.69) is 51.9 Å². The summed E-state index contributed by atoms with van der Waals surface area (Å²) < 4.78 is 3.36. The highest BCUT2D eigenvalue weighted by molar-refractivity contribution is 9.10. The van der Waals surface area contributed by atoms with Crippen LogP contribution in [0.1, 0.15) is 26.2 Å². The Balaban J connectivity index is 2.18. The van der Waals surface area contributed by atoms with Gasteiger partial charge in [0.1, 0.15) is 0 Å². The quantitative estimate of drug-likeness (QED) is 0.566. The molecule has 1 nitrogen and oxygen atoms in total. The fraction of sp³-hybridized carbons (Fsp3) is 0.545. The molecule has 0 spiro atoms. The van der Waals surface area contributed by atoms with Crippen LogP contribution < -0.4 is 4.57 Å². The zero-order chi connectivity index (χ0) is 10.2. The zero-order valence-corrected chi connectivity index (χ0v) is 11.0. The number of rotatable bonds is 6. The molecule has 0 amide bonds. The second-order valence-electron chi connectivity index (χ2n) is 3.28. The van der Waals surface area contributed by atoms with Gasteiger partial charge in [0.05, 0.1) is 4.47 Å². The van der Waals surface area contributed by atoms with Crippen LogP contribution in [-0.4, -0.2) is 5.75 Å². The molecule has 3 heteroatoms. The van der Waals surface area contributed by atoms with Crippen molar-refractivity contribution in [1.82, 2.24) is 0 Å². The van der Waals surface area contributed by atoms with Crippen molar-refractivity contribution in [2.75, 3.05) is 5.75 Å². The molecule has 0 aliphatic rings. The molecule has 0 saturated carbocycles. The third-order valence-corrected chi connectivity index (χ3v) is 3.48. The molecule has 1 rings (SSSR count). The van der Waals surface area contributed by atoms with Gasteiger partial charge in [0.15, 0.2) is 18.3 Å². The van der Waals surface area contributed by atoms with Crippen molar-refractivity contribution in [2.45, 2.75) is 32.1 Å². The van der Waals surface area contributed by atoms with Crippen LogP contribution >= 0.6 is 27.7 Å². The Kier molecular flexibility index (Phi) is 6.28. The smallest absolute Gasteiger partial charge is 0.194 e. The number of hydrogen-bond acceptors (Lipinski definition) is 1. The fourth-order valence-corrected chi connectivity index (χ4v) is 2.52. The molecular formula is C11H17BrNS+. The third kappa shape index (κ3) is 5.01. The summed E-state index contributed by atoms with van der Waals surface area (Å²) in [7, 11) is 0. The minimum absolute atomic E-state index is 1.06. The summed E-state index contributed by atoms with van der Waals surface area (Å²) in [6.07, 6.45) is 8.24. The number of pyridine rings is 1. The maximum Gasteiger partial charge on any atom is 0.194 e. The Morgan fingerprint density at radius 3 is 3.00 bits per heavy atom. The van der Waals surface area contributed by atoms with Gasteiger partial charge in [-0.3, -0.25) is 0 Å². The van der Waals surface area contributed by atoms with E-state index < -0.39 is 0 Å². The fourth-order valence-electron chi connectivity index (χ4n) is 1.19. The van der Waals surface area contributed by atoms with Crippen molar-refractivity contribution < 1.29 is 4.57 Å². The van der Waals surface area contributed by atoms with Crippen molar-refractivity contribution in [2.24, 2.45) is 0 Å². The molecule has 0 aliphatic heterocycles. The molecule has 0 bridgehead atoms. The largest absolute Gasteiger partial charge is 0.194 e. The van der Waals surface area contributed by atoms with Crippen molar-refractivity contribution in [3.05, 3.63) is 29.0 Å². The van der Waals surface area contributed by atoms with E-state index in [0.717, 1.165) is 10.3 Å². The minimum atomic E-state index is 1.06. The lowest BCUT2D eigenvalue weighted by molar-refractivity contribution is -0.676. The molecule has 0 aliphatic carbocycles. The van der Waals surface area contributed by atoms with E-state index in [1.807, 2.05) is 11.8 Å². The summed E-state index contributed by atoms with van der Waals surface area (Å²) in [6.45, 7) is 2.24. The van der Waals surface area contributed by atoms with Crippen LogP contribution in [0.15, 0.2) is 29.0 Å². The number of halogens is 1. The van der Waals surface area contributed by atoms with Gasteiger partial charge in [-0.05, 0) is 34.2 Å². The van der Waals surface area contributed by atoms with Crippen molar-refractivity contribution in [3.8, 4) is 0 Å². The predicted molar refractivity (Wildman–Crippen MR) is 66.3 cm³/mol. The van der Waals surface area contributed by atoms with Gasteiger partial charge in [-0.25, -0.2) is 0 Å². The predicted octanol–water partition coefficient (Wildman–Crippen LogP) is 3.62. The van der Waals surface area contributed by atoms with Crippen LogP contribution in [0, 0.1) is 0 Å². The van der Waals surface area contributed by atoms with Crippen molar-refractivity contribution in [1.29, 1.82) is 0 Å². The van der Waals surface area contributed by atoms with E-state index in [4.69, 9.17) is 0 Å². The van der Waals surface area contributed by atoms with Crippen LogP contribution in [0.3, 0.4) is 0 Å². The van der Waals surface area contributed by atoms with Gasteiger partial charge >= 0.3 is 0 Å². The lowest BCUT2D eigenvalue weighted by Crippen LogP contribution is -2.30. The highest BCUT2D eigenvalue weighted by atomic mass is 79.9. The molecule has 0 aromatic carbocycles. The molecule has 0 N–H and O–H groups in total. The molecule has 1 aromatic heterocycles. The number of aromatic nitrogens is 1. The van der Waals surface area contributed by atoms with Crippen LogP contribution in [0.2, 0.25) is 0 Å². The SMILES string of the molecule is CCCCCSC[n+]1cccc(Br)c1. The minimum Gasteiger partial charge on any atom is -0.194 e. The standard InChI is InChI=1S/C11H17BrNS/c1-2-3-4-8-14-10-13-7-5-6-11(12)9-13/h5-7,9H,2-4,8,10H2,1H3/q+1. The van der Waals surface area contributed by atoms with E-state index in [9.17, 15) is 0 Å².